The standard InChI is InChI=1S/C15H14ClN3O/c1-11(13-4-6-14(16)7-5-13)18-19-15(20)9-12-3-2-8-17-10-12/h2-8,10H,9H2,1H3,(H,19,20)/b18-11+. The van der Waals surface area contributed by atoms with Crippen LogP contribution in [0.3, 0.4) is 0 Å². The first-order valence-electron chi connectivity index (χ1n) is 6.13. The van der Waals surface area contributed by atoms with Crippen molar-refractivity contribution >= 4 is 23.2 Å². The van der Waals surface area contributed by atoms with Crippen molar-refractivity contribution in [1.29, 1.82) is 0 Å². The van der Waals surface area contributed by atoms with E-state index < -0.39 is 0 Å². The first-order valence-corrected chi connectivity index (χ1v) is 6.51. The lowest BCUT2D eigenvalue weighted by Crippen LogP contribution is -2.21. The Kier molecular flexibility index (Phi) is 4.85. The van der Waals surface area contributed by atoms with E-state index in [0.29, 0.717) is 5.02 Å². The molecule has 102 valence electrons. The highest BCUT2D eigenvalue weighted by molar-refractivity contribution is 6.30. The Morgan fingerprint density at radius 1 is 1.30 bits per heavy atom. The Morgan fingerprint density at radius 3 is 2.70 bits per heavy atom. The SMILES string of the molecule is C/C(=N\NC(=O)Cc1cccnc1)c1ccc(Cl)cc1. The van der Waals surface area contributed by atoms with E-state index in [1.807, 2.05) is 25.1 Å². The summed E-state index contributed by atoms with van der Waals surface area (Å²) in [5, 5.41) is 4.74. The summed E-state index contributed by atoms with van der Waals surface area (Å²) in [6.45, 7) is 1.83. The van der Waals surface area contributed by atoms with Gasteiger partial charge in [0.2, 0.25) is 5.91 Å². The number of carbonyl (C=O) groups excluding carboxylic acids is 1. The van der Waals surface area contributed by atoms with Crippen LogP contribution in [0.15, 0.2) is 53.9 Å². The molecule has 5 heteroatoms. The van der Waals surface area contributed by atoms with E-state index in [4.69, 9.17) is 11.6 Å². The third-order valence-electron chi connectivity index (χ3n) is 2.70. The molecule has 0 aliphatic carbocycles. The fourth-order valence-corrected chi connectivity index (χ4v) is 1.76. The van der Waals surface area contributed by atoms with Gasteiger partial charge >= 0.3 is 0 Å². The number of pyridine rings is 1. The number of nitrogens with zero attached hydrogens (tertiary/aromatic N) is 2. The Bertz CT molecular complexity index is 609. The van der Waals surface area contributed by atoms with Gasteiger partial charge in [0.25, 0.3) is 0 Å². The summed E-state index contributed by atoms with van der Waals surface area (Å²) in [5.41, 5.74) is 5.02. The lowest BCUT2D eigenvalue weighted by atomic mass is 10.1. The number of rotatable bonds is 4. The lowest BCUT2D eigenvalue weighted by molar-refractivity contribution is -0.120. The van der Waals surface area contributed by atoms with E-state index in [-0.39, 0.29) is 12.3 Å². The van der Waals surface area contributed by atoms with Crippen LogP contribution in [0.4, 0.5) is 0 Å². The highest BCUT2D eigenvalue weighted by Crippen LogP contribution is 2.10. The van der Waals surface area contributed by atoms with Crippen molar-refractivity contribution in [1.82, 2.24) is 10.4 Å². The first kappa shape index (κ1) is 14.2. The minimum Gasteiger partial charge on any atom is -0.273 e. The highest BCUT2D eigenvalue weighted by atomic mass is 35.5. The monoisotopic (exact) mass is 287 g/mol. The molecule has 1 N–H and O–H groups in total. The van der Waals surface area contributed by atoms with Crippen LogP contribution in [0, 0.1) is 0 Å². The van der Waals surface area contributed by atoms with Gasteiger partial charge in [0.05, 0.1) is 12.1 Å². The van der Waals surface area contributed by atoms with Crippen LogP contribution in [0.25, 0.3) is 0 Å². The molecule has 0 aliphatic rings. The topological polar surface area (TPSA) is 54.4 Å². The Labute approximate surface area is 122 Å². The zero-order valence-corrected chi connectivity index (χ0v) is 11.8. The number of hydrogen-bond donors (Lipinski definition) is 1. The van der Waals surface area contributed by atoms with Crippen molar-refractivity contribution in [2.24, 2.45) is 5.10 Å². The van der Waals surface area contributed by atoms with Gasteiger partial charge in [-0.2, -0.15) is 5.10 Å². The van der Waals surface area contributed by atoms with Crippen LogP contribution in [0.5, 0.6) is 0 Å². The summed E-state index contributed by atoms with van der Waals surface area (Å²) >= 11 is 5.82. The number of benzene rings is 1. The van der Waals surface area contributed by atoms with E-state index in [1.165, 1.54) is 0 Å². The third-order valence-corrected chi connectivity index (χ3v) is 2.95. The molecular weight excluding hydrogens is 274 g/mol. The lowest BCUT2D eigenvalue weighted by Gasteiger charge is -2.03. The second kappa shape index (κ2) is 6.82. The smallest absolute Gasteiger partial charge is 0.244 e. The molecule has 2 rings (SSSR count). The van der Waals surface area contributed by atoms with Gasteiger partial charge in [0, 0.05) is 17.4 Å². The van der Waals surface area contributed by atoms with Crippen molar-refractivity contribution in [3.8, 4) is 0 Å². The number of aromatic nitrogens is 1. The second-order valence-electron chi connectivity index (χ2n) is 4.28. The van der Waals surface area contributed by atoms with Crippen LogP contribution in [0.1, 0.15) is 18.1 Å². The summed E-state index contributed by atoms with van der Waals surface area (Å²) in [5.74, 6) is -0.175. The Morgan fingerprint density at radius 2 is 2.05 bits per heavy atom. The van der Waals surface area contributed by atoms with Crippen molar-refractivity contribution in [2.45, 2.75) is 13.3 Å². The van der Waals surface area contributed by atoms with E-state index in [1.54, 1.807) is 30.6 Å². The molecule has 0 saturated carbocycles. The van der Waals surface area contributed by atoms with Gasteiger partial charge in [0.15, 0.2) is 0 Å². The molecular formula is C15H14ClN3O. The number of halogens is 1. The molecule has 1 aromatic carbocycles. The Hall–Kier alpha value is -2.20. The van der Waals surface area contributed by atoms with Gasteiger partial charge in [-0.25, -0.2) is 5.43 Å². The molecule has 20 heavy (non-hydrogen) atoms. The first-order chi connectivity index (χ1) is 9.65. The number of hydrogen-bond acceptors (Lipinski definition) is 3. The predicted octanol–water partition coefficient (Wildman–Crippen LogP) is 2.82. The maximum Gasteiger partial charge on any atom is 0.244 e. The van der Waals surface area contributed by atoms with E-state index >= 15 is 0 Å². The molecule has 1 heterocycles. The largest absolute Gasteiger partial charge is 0.273 e. The molecule has 0 aliphatic heterocycles. The molecule has 0 unspecified atom stereocenters. The Balaban J connectivity index is 1.95. The van der Waals surface area contributed by atoms with Crippen LogP contribution < -0.4 is 5.43 Å². The molecule has 4 nitrogen and oxygen atoms in total. The summed E-state index contributed by atoms with van der Waals surface area (Å²) in [6, 6.07) is 10.9. The average Bonchev–Trinajstić information content (AvgIpc) is 2.46. The minimum absolute atomic E-state index is 0.175. The fourth-order valence-electron chi connectivity index (χ4n) is 1.63. The second-order valence-corrected chi connectivity index (χ2v) is 4.71. The normalized spacial score (nSPS) is 11.2. The summed E-state index contributed by atoms with van der Waals surface area (Å²) in [7, 11) is 0. The number of nitrogens with one attached hydrogen (secondary N) is 1. The van der Waals surface area contributed by atoms with Crippen LogP contribution in [-0.4, -0.2) is 16.6 Å². The van der Waals surface area contributed by atoms with Crippen LogP contribution in [0.2, 0.25) is 5.02 Å². The third kappa shape index (κ3) is 4.17. The van der Waals surface area contributed by atoms with Gasteiger partial charge in [-0.1, -0.05) is 29.8 Å². The highest BCUT2D eigenvalue weighted by Gasteiger charge is 2.03. The molecule has 0 spiro atoms. The summed E-state index contributed by atoms with van der Waals surface area (Å²) < 4.78 is 0. The zero-order chi connectivity index (χ0) is 14.4. The van der Waals surface area contributed by atoms with E-state index in [0.717, 1.165) is 16.8 Å². The molecule has 0 atom stereocenters. The summed E-state index contributed by atoms with van der Waals surface area (Å²) in [4.78, 5) is 15.7. The molecule has 0 fully saturated rings. The quantitative estimate of drug-likeness (QED) is 0.694. The minimum atomic E-state index is -0.175. The molecule has 0 saturated heterocycles. The van der Waals surface area contributed by atoms with E-state index in [2.05, 4.69) is 15.5 Å². The van der Waals surface area contributed by atoms with Crippen molar-refractivity contribution in [3.63, 3.8) is 0 Å². The number of amides is 1. The zero-order valence-electron chi connectivity index (χ0n) is 11.0. The van der Waals surface area contributed by atoms with Crippen molar-refractivity contribution in [3.05, 3.63) is 64.9 Å². The maximum atomic E-state index is 11.7. The van der Waals surface area contributed by atoms with Crippen molar-refractivity contribution in [2.75, 3.05) is 0 Å². The van der Waals surface area contributed by atoms with Gasteiger partial charge in [-0.15, -0.1) is 0 Å². The van der Waals surface area contributed by atoms with Crippen molar-refractivity contribution < 1.29 is 4.79 Å². The number of hydrazone groups is 1. The number of carbonyl (C=O) groups is 1. The fraction of sp³-hybridized carbons (Fsp3) is 0.133. The molecule has 0 bridgehead atoms. The van der Waals surface area contributed by atoms with Gasteiger partial charge in [-0.3, -0.25) is 9.78 Å². The van der Waals surface area contributed by atoms with Gasteiger partial charge in [0.1, 0.15) is 0 Å². The van der Waals surface area contributed by atoms with Crippen LogP contribution in [-0.2, 0) is 11.2 Å². The van der Waals surface area contributed by atoms with Gasteiger partial charge in [-0.05, 0) is 36.2 Å². The van der Waals surface area contributed by atoms with E-state index in [9.17, 15) is 4.79 Å². The molecule has 0 radical (unpaired) electrons. The van der Waals surface area contributed by atoms with Gasteiger partial charge < -0.3 is 0 Å². The van der Waals surface area contributed by atoms with Crippen LogP contribution >= 0.6 is 11.6 Å². The molecule has 1 aromatic heterocycles. The molecule has 1 amide bonds. The summed E-state index contributed by atoms with van der Waals surface area (Å²) in [6.07, 6.45) is 3.59. The predicted molar refractivity (Wildman–Crippen MR) is 79.7 cm³/mol. The molecule has 2 aromatic rings. The average molecular weight is 288 g/mol. The maximum absolute atomic E-state index is 11.7.